The van der Waals surface area contributed by atoms with Gasteiger partial charge < -0.3 is 5.11 Å². The lowest BCUT2D eigenvalue weighted by molar-refractivity contribution is 0.245. The maximum absolute atomic E-state index is 8.70. The van der Waals surface area contributed by atoms with Crippen LogP contribution in [0.3, 0.4) is 0 Å². The molecule has 2 aliphatic rings. The van der Waals surface area contributed by atoms with Gasteiger partial charge in [-0.05, 0) is 49.9 Å². The van der Waals surface area contributed by atoms with Gasteiger partial charge in [-0.1, -0.05) is 6.42 Å². The Kier molecular flexibility index (Phi) is 2.17. The summed E-state index contributed by atoms with van der Waals surface area (Å²) in [6.45, 7) is 0.397. The van der Waals surface area contributed by atoms with Crippen LogP contribution in [0.15, 0.2) is 0 Å². The second-order valence-electron chi connectivity index (χ2n) is 4.30. The summed E-state index contributed by atoms with van der Waals surface area (Å²) < 4.78 is 0. The molecule has 11 heavy (non-hydrogen) atoms. The monoisotopic (exact) mass is 154 g/mol. The first-order valence-corrected chi connectivity index (χ1v) is 5.01. The number of aliphatic hydroxyl groups is 1. The fourth-order valence-electron chi connectivity index (χ4n) is 3.08. The quantitative estimate of drug-likeness (QED) is 0.660. The van der Waals surface area contributed by atoms with Gasteiger partial charge in [0, 0.05) is 6.61 Å². The molecule has 2 bridgehead atoms. The Bertz CT molecular complexity index is 133. The third-order valence-corrected chi connectivity index (χ3v) is 3.62. The predicted molar refractivity (Wildman–Crippen MR) is 45.3 cm³/mol. The first kappa shape index (κ1) is 7.60. The minimum atomic E-state index is 0.397. The van der Waals surface area contributed by atoms with Crippen molar-refractivity contribution in [3.63, 3.8) is 0 Å². The van der Waals surface area contributed by atoms with E-state index in [0.29, 0.717) is 6.61 Å². The van der Waals surface area contributed by atoms with Gasteiger partial charge in [0.15, 0.2) is 0 Å². The van der Waals surface area contributed by atoms with E-state index in [0.717, 1.165) is 24.2 Å². The van der Waals surface area contributed by atoms with Crippen molar-refractivity contribution in [2.24, 2.45) is 17.8 Å². The average Bonchev–Trinajstić information content (AvgIpc) is 2.60. The molecule has 0 heterocycles. The van der Waals surface area contributed by atoms with E-state index < -0.39 is 0 Å². The molecule has 2 fully saturated rings. The van der Waals surface area contributed by atoms with E-state index in [1.165, 1.54) is 32.1 Å². The summed E-state index contributed by atoms with van der Waals surface area (Å²) in [5, 5.41) is 8.70. The number of fused-ring (bicyclic) bond motifs is 2. The third-order valence-electron chi connectivity index (χ3n) is 3.62. The fraction of sp³-hybridized carbons (Fsp3) is 1.00. The Labute approximate surface area is 68.8 Å². The number of hydrogen-bond acceptors (Lipinski definition) is 1. The van der Waals surface area contributed by atoms with Crippen molar-refractivity contribution >= 4 is 0 Å². The lowest BCUT2D eigenvalue weighted by Gasteiger charge is -2.20. The smallest absolute Gasteiger partial charge is 0.0431 e. The van der Waals surface area contributed by atoms with E-state index in [1.54, 1.807) is 0 Å². The summed E-state index contributed by atoms with van der Waals surface area (Å²) >= 11 is 0. The highest BCUT2D eigenvalue weighted by molar-refractivity contribution is 4.89. The summed E-state index contributed by atoms with van der Waals surface area (Å²) in [6.07, 6.45) is 8.30. The molecule has 0 aliphatic heterocycles. The van der Waals surface area contributed by atoms with E-state index in [1.807, 2.05) is 0 Å². The lowest BCUT2D eigenvalue weighted by atomic mass is 9.86. The van der Waals surface area contributed by atoms with Gasteiger partial charge in [-0.15, -0.1) is 0 Å². The predicted octanol–water partition coefficient (Wildman–Crippen LogP) is 2.20. The number of aliphatic hydroxyl groups excluding tert-OH is 1. The molecule has 0 aromatic rings. The van der Waals surface area contributed by atoms with E-state index in [-0.39, 0.29) is 0 Å². The molecule has 2 rings (SSSR count). The molecule has 3 atom stereocenters. The molecule has 2 saturated carbocycles. The Morgan fingerprint density at radius 3 is 2.64 bits per heavy atom. The number of rotatable bonds is 3. The van der Waals surface area contributed by atoms with Crippen molar-refractivity contribution in [3.8, 4) is 0 Å². The number of hydrogen-bond donors (Lipinski definition) is 1. The summed E-state index contributed by atoms with van der Waals surface area (Å²) in [6, 6.07) is 0. The van der Waals surface area contributed by atoms with Gasteiger partial charge in [0.05, 0.1) is 0 Å². The van der Waals surface area contributed by atoms with Crippen LogP contribution < -0.4 is 0 Å². The molecular weight excluding hydrogens is 136 g/mol. The van der Waals surface area contributed by atoms with Crippen molar-refractivity contribution in [1.82, 2.24) is 0 Å². The summed E-state index contributed by atoms with van der Waals surface area (Å²) in [5.74, 6) is 3.11. The Morgan fingerprint density at radius 2 is 2.09 bits per heavy atom. The van der Waals surface area contributed by atoms with Crippen LogP contribution in [-0.2, 0) is 0 Å². The highest BCUT2D eigenvalue weighted by atomic mass is 16.2. The van der Waals surface area contributed by atoms with Gasteiger partial charge in [-0.2, -0.15) is 0 Å². The maximum atomic E-state index is 8.70. The molecule has 0 aromatic heterocycles. The zero-order valence-corrected chi connectivity index (χ0v) is 7.13. The Balaban J connectivity index is 1.78. The highest BCUT2D eigenvalue weighted by Gasteiger charge is 2.38. The van der Waals surface area contributed by atoms with Crippen LogP contribution >= 0.6 is 0 Å². The SMILES string of the molecule is OCCC[C@@H]1C[C@H]2CC[C@H]1C2. The van der Waals surface area contributed by atoms with Gasteiger partial charge >= 0.3 is 0 Å². The van der Waals surface area contributed by atoms with Crippen LogP contribution in [0.1, 0.15) is 38.5 Å². The van der Waals surface area contributed by atoms with Crippen LogP contribution in [0.5, 0.6) is 0 Å². The molecule has 1 heteroatoms. The molecule has 0 unspecified atom stereocenters. The normalized spacial score (nSPS) is 41.7. The van der Waals surface area contributed by atoms with Crippen molar-refractivity contribution < 1.29 is 5.11 Å². The minimum absolute atomic E-state index is 0.397. The first-order chi connectivity index (χ1) is 5.40. The lowest BCUT2D eigenvalue weighted by Crippen LogP contribution is -2.10. The molecule has 0 radical (unpaired) electrons. The molecule has 1 nitrogen and oxygen atoms in total. The van der Waals surface area contributed by atoms with Crippen LogP contribution in [0.25, 0.3) is 0 Å². The first-order valence-electron chi connectivity index (χ1n) is 5.01. The van der Waals surface area contributed by atoms with E-state index >= 15 is 0 Å². The fourth-order valence-corrected chi connectivity index (χ4v) is 3.08. The largest absolute Gasteiger partial charge is 0.396 e. The highest BCUT2D eigenvalue weighted by Crippen LogP contribution is 2.49. The van der Waals surface area contributed by atoms with Gasteiger partial charge in [0.25, 0.3) is 0 Å². The topological polar surface area (TPSA) is 20.2 Å². The third kappa shape index (κ3) is 1.44. The van der Waals surface area contributed by atoms with E-state index in [4.69, 9.17) is 5.11 Å². The Hall–Kier alpha value is -0.0400. The van der Waals surface area contributed by atoms with Crippen molar-refractivity contribution in [1.29, 1.82) is 0 Å². The van der Waals surface area contributed by atoms with E-state index in [9.17, 15) is 0 Å². The van der Waals surface area contributed by atoms with Crippen LogP contribution in [-0.4, -0.2) is 11.7 Å². The molecule has 0 spiro atoms. The molecular formula is C10H18O. The Morgan fingerprint density at radius 1 is 1.18 bits per heavy atom. The van der Waals surface area contributed by atoms with Crippen LogP contribution in [0.4, 0.5) is 0 Å². The standard InChI is InChI=1S/C10H18O/c11-5-1-2-9-6-8-3-4-10(9)7-8/h8-11H,1-7H2/t8-,9-,10+/m1/s1. The van der Waals surface area contributed by atoms with E-state index in [2.05, 4.69) is 0 Å². The molecule has 1 N–H and O–H groups in total. The molecule has 0 saturated heterocycles. The average molecular weight is 154 g/mol. The van der Waals surface area contributed by atoms with Gasteiger partial charge in [-0.25, -0.2) is 0 Å². The van der Waals surface area contributed by atoms with Crippen molar-refractivity contribution in [2.75, 3.05) is 6.61 Å². The molecule has 64 valence electrons. The summed E-state index contributed by atoms with van der Waals surface area (Å²) in [5.41, 5.74) is 0. The second-order valence-corrected chi connectivity index (χ2v) is 4.30. The summed E-state index contributed by atoms with van der Waals surface area (Å²) in [7, 11) is 0. The van der Waals surface area contributed by atoms with Gasteiger partial charge in [0.2, 0.25) is 0 Å². The second kappa shape index (κ2) is 3.14. The maximum Gasteiger partial charge on any atom is 0.0431 e. The molecule has 0 amide bonds. The zero-order valence-electron chi connectivity index (χ0n) is 7.13. The van der Waals surface area contributed by atoms with Gasteiger partial charge in [-0.3, -0.25) is 0 Å². The zero-order chi connectivity index (χ0) is 7.68. The summed E-state index contributed by atoms with van der Waals surface area (Å²) in [4.78, 5) is 0. The minimum Gasteiger partial charge on any atom is -0.396 e. The van der Waals surface area contributed by atoms with Crippen LogP contribution in [0.2, 0.25) is 0 Å². The molecule has 0 aromatic carbocycles. The van der Waals surface area contributed by atoms with Crippen molar-refractivity contribution in [2.45, 2.75) is 38.5 Å². The molecule has 2 aliphatic carbocycles. The van der Waals surface area contributed by atoms with Gasteiger partial charge in [0.1, 0.15) is 0 Å². The van der Waals surface area contributed by atoms with Crippen molar-refractivity contribution in [3.05, 3.63) is 0 Å². The van der Waals surface area contributed by atoms with Crippen LogP contribution in [0, 0.1) is 17.8 Å².